The first-order chi connectivity index (χ1) is 10.7. The van der Waals surface area contributed by atoms with E-state index >= 15 is 0 Å². The molecule has 2 heterocycles. The molecule has 2 aromatic rings. The summed E-state index contributed by atoms with van der Waals surface area (Å²) in [6, 6.07) is 11.1. The van der Waals surface area contributed by atoms with Crippen LogP contribution >= 0.6 is 11.3 Å². The number of rotatable bonds is 2. The average molecular weight is 315 g/mol. The van der Waals surface area contributed by atoms with Gasteiger partial charge in [-0.3, -0.25) is 4.79 Å². The van der Waals surface area contributed by atoms with E-state index in [0.717, 1.165) is 42.7 Å². The van der Waals surface area contributed by atoms with Gasteiger partial charge in [-0.25, -0.2) is 4.79 Å². The summed E-state index contributed by atoms with van der Waals surface area (Å²) < 4.78 is 0. The van der Waals surface area contributed by atoms with Gasteiger partial charge >= 0.3 is 5.97 Å². The smallest absolute Gasteiger partial charge is 0.345 e. The van der Waals surface area contributed by atoms with Gasteiger partial charge in [-0.05, 0) is 43.0 Å². The molecule has 1 aromatic heterocycles. The van der Waals surface area contributed by atoms with Crippen molar-refractivity contribution in [1.29, 1.82) is 0 Å². The fraction of sp³-hybridized carbons (Fsp3) is 0.294. The highest BCUT2D eigenvalue weighted by Gasteiger charge is 2.23. The molecule has 5 heteroatoms. The molecule has 0 radical (unpaired) electrons. The number of carboxylic acids is 1. The number of para-hydroxylation sites is 1. The van der Waals surface area contributed by atoms with Crippen molar-refractivity contribution in [3.63, 3.8) is 0 Å². The topological polar surface area (TPSA) is 57.6 Å². The monoisotopic (exact) mass is 315 g/mol. The number of carboxylic acid groups (broad SMARTS) is 1. The van der Waals surface area contributed by atoms with Crippen LogP contribution in [0.25, 0.3) is 0 Å². The summed E-state index contributed by atoms with van der Waals surface area (Å²) >= 11 is 1.04. The summed E-state index contributed by atoms with van der Waals surface area (Å²) in [5.41, 5.74) is 2.14. The van der Waals surface area contributed by atoms with Crippen molar-refractivity contribution in [3.8, 4) is 0 Å². The zero-order valence-electron chi connectivity index (χ0n) is 12.1. The maximum Gasteiger partial charge on any atom is 0.345 e. The second-order valence-electron chi connectivity index (χ2n) is 5.37. The minimum absolute atomic E-state index is 0.105. The van der Waals surface area contributed by atoms with E-state index in [2.05, 4.69) is 6.07 Å². The summed E-state index contributed by atoms with van der Waals surface area (Å²) in [4.78, 5) is 26.3. The molecule has 0 unspecified atom stereocenters. The minimum Gasteiger partial charge on any atom is -0.477 e. The molecule has 0 aliphatic carbocycles. The molecule has 1 N–H and O–H groups in total. The van der Waals surface area contributed by atoms with E-state index < -0.39 is 5.97 Å². The first-order valence-electron chi connectivity index (χ1n) is 7.40. The largest absolute Gasteiger partial charge is 0.477 e. The van der Waals surface area contributed by atoms with Crippen molar-refractivity contribution in [1.82, 2.24) is 0 Å². The van der Waals surface area contributed by atoms with Crippen molar-refractivity contribution in [3.05, 3.63) is 51.7 Å². The van der Waals surface area contributed by atoms with Crippen LogP contribution < -0.4 is 4.90 Å². The zero-order valence-corrected chi connectivity index (χ0v) is 12.9. The molecular formula is C17H17NO3S. The third kappa shape index (κ3) is 2.90. The van der Waals surface area contributed by atoms with E-state index in [1.165, 1.54) is 11.6 Å². The van der Waals surface area contributed by atoms with Crippen molar-refractivity contribution < 1.29 is 14.7 Å². The lowest BCUT2D eigenvalue weighted by Gasteiger charge is -2.27. The van der Waals surface area contributed by atoms with Crippen LogP contribution in [-0.2, 0) is 6.42 Å². The number of hydrogen-bond acceptors (Lipinski definition) is 3. The van der Waals surface area contributed by atoms with Gasteiger partial charge in [0.15, 0.2) is 0 Å². The molecule has 1 amide bonds. The molecule has 114 valence electrons. The quantitative estimate of drug-likeness (QED) is 0.916. The Hall–Kier alpha value is -2.14. The van der Waals surface area contributed by atoms with E-state index in [9.17, 15) is 9.59 Å². The molecule has 3 rings (SSSR count). The Bertz CT molecular complexity index is 707. The molecule has 1 aliphatic heterocycles. The number of fused-ring (bicyclic) bond motifs is 1. The van der Waals surface area contributed by atoms with Crippen LogP contribution in [0.2, 0.25) is 0 Å². The summed E-state index contributed by atoms with van der Waals surface area (Å²) in [7, 11) is 0. The van der Waals surface area contributed by atoms with E-state index in [1.54, 1.807) is 11.0 Å². The fourth-order valence-electron chi connectivity index (χ4n) is 2.78. The maximum absolute atomic E-state index is 12.8. The van der Waals surface area contributed by atoms with Crippen LogP contribution in [-0.4, -0.2) is 23.5 Å². The number of anilines is 1. The molecule has 0 atom stereocenters. The van der Waals surface area contributed by atoms with Gasteiger partial charge in [-0.2, -0.15) is 0 Å². The SMILES string of the molecule is O=C(O)c1ccc(C(=O)N2CCCCCc3ccccc32)s1. The van der Waals surface area contributed by atoms with Gasteiger partial charge in [0.25, 0.3) is 5.91 Å². The molecule has 22 heavy (non-hydrogen) atoms. The highest BCUT2D eigenvalue weighted by atomic mass is 32.1. The number of amides is 1. The molecule has 0 saturated carbocycles. The van der Waals surface area contributed by atoms with E-state index in [1.807, 2.05) is 18.2 Å². The summed E-state index contributed by atoms with van der Waals surface area (Å²) in [5.74, 6) is -1.09. The molecule has 0 spiro atoms. The number of carbonyl (C=O) groups excluding carboxylic acids is 1. The molecule has 4 nitrogen and oxygen atoms in total. The van der Waals surface area contributed by atoms with Gasteiger partial charge in [0.1, 0.15) is 4.88 Å². The number of benzene rings is 1. The number of thiophene rings is 1. The first-order valence-corrected chi connectivity index (χ1v) is 8.21. The van der Waals surface area contributed by atoms with Gasteiger partial charge < -0.3 is 10.0 Å². The Balaban J connectivity index is 1.95. The van der Waals surface area contributed by atoms with Gasteiger partial charge in [0.05, 0.1) is 4.88 Å². The number of aromatic carboxylic acids is 1. The Kier molecular flexibility index (Phi) is 4.24. The Morgan fingerprint density at radius 1 is 1.00 bits per heavy atom. The molecule has 0 saturated heterocycles. The van der Waals surface area contributed by atoms with E-state index in [0.29, 0.717) is 11.4 Å². The standard InChI is InChI=1S/C17H17NO3S/c19-16(14-9-10-15(22-14)17(20)21)18-11-5-1-2-6-12-7-3-4-8-13(12)18/h3-4,7-10H,1-2,5-6,11H2,(H,20,21). The number of nitrogens with zero attached hydrogens (tertiary/aromatic N) is 1. The van der Waals surface area contributed by atoms with E-state index in [4.69, 9.17) is 5.11 Å². The van der Waals surface area contributed by atoms with Crippen molar-refractivity contribution in [2.75, 3.05) is 11.4 Å². The molecule has 1 aromatic carbocycles. The summed E-state index contributed by atoms with van der Waals surface area (Å²) in [6.45, 7) is 0.677. The van der Waals surface area contributed by atoms with Crippen molar-refractivity contribution in [2.24, 2.45) is 0 Å². The summed E-state index contributed by atoms with van der Waals surface area (Å²) in [5, 5.41) is 9.02. The average Bonchev–Trinajstić information content (AvgIpc) is 2.98. The van der Waals surface area contributed by atoms with Gasteiger partial charge in [-0.1, -0.05) is 24.6 Å². The predicted molar refractivity (Wildman–Crippen MR) is 87.0 cm³/mol. The third-order valence-electron chi connectivity index (χ3n) is 3.88. The number of aryl methyl sites for hydroxylation is 1. The Morgan fingerprint density at radius 2 is 1.77 bits per heavy atom. The predicted octanol–water partition coefficient (Wildman–Crippen LogP) is 3.82. The van der Waals surface area contributed by atoms with Crippen LogP contribution in [0.15, 0.2) is 36.4 Å². The number of carbonyl (C=O) groups is 2. The van der Waals surface area contributed by atoms with Crippen molar-refractivity contribution in [2.45, 2.75) is 25.7 Å². The highest BCUT2D eigenvalue weighted by Crippen LogP contribution is 2.28. The Labute approximate surface area is 133 Å². The lowest BCUT2D eigenvalue weighted by Crippen LogP contribution is -2.33. The second-order valence-corrected chi connectivity index (χ2v) is 6.45. The molecule has 0 bridgehead atoms. The van der Waals surface area contributed by atoms with Crippen LogP contribution in [0.3, 0.4) is 0 Å². The third-order valence-corrected chi connectivity index (χ3v) is 4.94. The summed E-state index contributed by atoms with van der Waals surface area (Å²) in [6.07, 6.45) is 4.19. The highest BCUT2D eigenvalue weighted by molar-refractivity contribution is 7.16. The van der Waals surface area contributed by atoms with E-state index in [-0.39, 0.29) is 10.8 Å². The first kappa shape index (κ1) is 14.8. The van der Waals surface area contributed by atoms with Crippen LogP contribution in [0.4, 0.5) is 5.69 Å². The van der Waals surface area contributed by atoms with Gasteiger partial charge in [-0.15, -0.1) is 11.3 Å². The van der Waals surface area contributed by atoms with Crippen LogP contribution in [0.1, 0.15) is 44.2 Å². The normalized spacial score (nSPS) is 14.8. The van der Waals surface area contributed by atoms with Gasteiger partial charge in [0.2, 0.25) is 0 Å². The van der Waals surface area contributed by atoms with Crippen molar-refractivity contribution >= 4 is 28.9 Å². The number of hydrogen-bond donors (Lipinski definition) is 1. The molecular weight excluding hydrogens is 298 g/mol. The van der Waals surface area contributed by atoms with Gasteiger partial charge in [0, 0.05) is 12.2 Å². The molecule has 1 aliphatic rings. The lowest BCUT2D eigenvalue weighted by molar-refractivity contribution is 0.0702. The Morgan fingerprint density at radius 3 is 2.55 bits per heavy atom. The molecule has 0 fully saturated rings. The second kappa shape index (κ2) is 6.32. The minimum atomic E-state index is -0.989. The zero-order chi connectivity index (χ0) is 15.5. The van der Waals surface area contributed by atoms with Crippen LogP contribution in [0.5, 0.6) is 0 Å². The maximum atomic E-state index is 12.8. The lowest BCUT2D eigenvalue weighted by atomic mass is 10.0. The fourth-order valence-corrected chi connectivity index (χ4v) is 3.57. The van der Waals surface area contributed by atoms with Crippen LogP contribution in [0, 0.1) is 0 Å².